The zero-order chi connectivity index (χ0) is 11.1. The molecule has 0 spiro atoms. The fraction of sp³-hybridized carbons (Fsp3) is 0.692. The van der Waals surface area contributed by atoms with Gasteiger partial charge in [-0.25, -0.2) is 0 Å². The fourth-order valence-electron chi connectivity index (χ4n) is 2.40. The van der Waals surface area contributed by atoms with Crippen LogP contribution in [0.2, 0.25) is 0 Å². The van der Waals surface area contributed by atoms with Crippen LogP contribution in [0.15, 0.2) is 6.07 Å². The van der Waals surface area contributed by atoms with Gasteiger partial charge in [-0.3, -0.25) is 0 Å². The highest BCUT2D eigenvalue weighted by Crippen LogP contribution is 2.39. The van der Waals surface area contributed by atoms with E-state index in [1.165, 1.54) is 29.7 Å². The smallest absolute Gasteiger partial charge is 0.0774 e. The summed E-state index contributed by atoms with van der Waals surface area (Å²) in [4.78, 5) is 2.65. The van der Waals surface area contributed by atoms with Gasteiger partial charge < -0.3 is 5.11 Å². The Labute approximate surface area is 96.1 Å². The first kappa shape index (κ1) is 11.2. The lowest BCUT2D eigenvalue weighted by Crippen LogP contribution is -2.26. The van der Waals surface area contributed by atoms with Crippen molar-refractivity contribution in [3.8, 4) is 0 Å². The van der Waals surface area contributed by atoms with Gasteiger partial charge in [0.05, 0.1) is 6.61 Å². The first-order chi connectivity index (χ1) is 7.00. The second-order valence-electron chi connectivity index (χ2n) is 5.62. The molecule has 1 aromatic rings. The summed E-state index contributed by atoms with van der Waals surface area (Å²) in [5.41, 5.74) is 1.91. The number of aryl methyl sites for hydroxylation is 1. The molecule has 84 valence electrons. The molecule has 1 heterocycles. The predicted octanol–water partition coefficient (Wildman–Crippen LogP) is 3.39. The third kappa shape index (κ3) is 2.26. The van der Waals surface area contributed by atoms with E-state index in [2.05, 4.69) is 26.8 Å². The summed E-state index contributed by atoms with van der Waals surface area (Å²) in [6.45, 7) is 7.21. The highest BCUT2D eigenvalue weighted by molar-refractivity contribution is 7.12. The normalized spacial score (nSPS) is 21.5. The van der Waals surface area contributed by atoms with Crippen molar-refractivity contribution in [1.82, 2.24) is 0 Å². The third-order valence-corrected chi connectivity index (χ3v) is 4.74. The molecule has 1 aliphatic rings. The molecule has 0 saturated heterocycles. The second-order valence-corrected chi connectivity index (χ2v) is 6.85. The SMILES string of the molecule is CC(C)(C)C1CCc2sc(CO)cc2C1. The van der Waals surface area contributed by atoms with Crippen LogP contribution in [0.25, 0.3) is 0 Å². The number of rotatable bonds is 1. The minimum absolute atomic E-state index is 0.206. The Morgan fingerprint density at radius 1 is 1.47 bits per heavy atom. The molecule has 1 aromatic heterocycles. The molecule has 2 heteroatoms. The molecule has 0 bridgehead atoms. The summed E-state index contributed by atoms with van der Waals surface area (Å²) in [7, 11) is 0. The number of aliphatic hydroxyl groups excluding tert-OH is 1. The highest BCUT2D eigenvalue weighted by Gasteiger charge is 2.29. The molecular formula is C13H20OS. The van der Waals surface area contributed by atoms with Crippen molar-refractivity contribution in [1.29, 1.82) is 0 Å². The molecule has 0 aliphatic heterocycles. The quantitative estimate of drug-likeness (QED) is 0.775. The first-order valence-electron chi connectivity index (χ1n) is 5.72. The van der Waals surface area contributed by atoms with E-state index in [0.717, 1.165) is 10.8 Å². The van der Waals surface area contributed by atoms with Crippen LogP contribution in [0.4, 0.5) is 0 Å². The van der Waals surface area contributed by atoms with Crippen LogP contribution in [0.1, 0.15) is 42.5 Å². The van der Waals surface area contributed by atoms with Crippen molar-refractivity contribution in [3.05, 3.63) is 21.4 Å². The molecule has 1 aliphatic carbocycles. The van der Waals surface area contributed by atoms with Crippen LogP contribution < -0.4 is 0 Å². The second kappa shape index (κ2) is 3.91. The minimum Gasteiger partial charge on any atom is -0.391 e. The van der Waals surface area contributed by atoms with Crippen LogP contribution in [-0.4, -0.2) is 5.11 Å². The van der Waals surface area contributed by atoms with Crippen molar-refractivity contribution in [3.63, 3.8) is 0 Å². The molecule has 1 unspecified atom stereocenters. The van der Waals surface area contributed by atoms with Gasteiger partial charge in [0, 0.05) is 9.75 Å². The molecule has 0 saturated carbocycles. The molecule has 0 amide bonds. The van der Waals surface area contributed by atoms with Gasteiger partial charge >= 0.3 is 0 Å². The molecule has 1 nitrogen and oxygen atoms in total. The van der Waals surface area contributed by atoms with Gasteiger partial charge in [-0.05, 0) is 42.2 Å². The van der Waals surface area contributed by atoms with E-state index in [1.54, 1.807) is 11.3 Å². The standard InChI is InChI=1S/C13H20OS/c1-13(2,3)10-4-5-12-9(6-10)7-11(8-14)15-12/h7,10,14H,4-6,8H2,1-3H3. The van der Waals surface area contributed by atoms with Crippen LogP contribution in [-0.2, 0) is 19.4 Å². The lowest BCUT2D eigenvalue weighted by molar-refractivity contribution is 0.217. The van der Waals surface area contributed by atoms with Gasteiger partial charge in [-0.15, -0.1) is 11.3 Å². The first-order valence-corrected chi connectivity index (χ1v) is 6.53. The van der Waals surface area contributed by atoms with E-state index in [0.29, 0.717) is 5.41 Å². The molecular weight excluding hydrogens is 204 g/mol. The maximum absolute atomic E-state index is 9.12. The van der Waals surface area contributed by atoms with Crippen molar-refractivity contribution < 1.29 is 5.11 Å². The maximum Gasteiger partial charge on any atom is 0.0774 e. The van der Waals surface area contributed by atoms with Gasteiger partial charge in [0.1, 0.15) is 0 Å². The molecule has 1 atom stereocenters. The number of fused-ring (bicyclic) bond motifs is 1. The Morgan fingerprint density at radius 3 is 2.80 bits per heavy atom. The number of aliphatic hydroxyl groups is 1. The van der Waals surface area contributed by atoms with Crippen molar-refractivity contribution in [2.45, 2.75) is 46.6 Å². The van der Waals surface area contributed by atoms with Crippen LogP contribution in [0.5, 0.6) is 0 Å². The Kier molecular flexibility index (Phi) is 2.91. The van der Waals surface area contributed by atoms with Gasteiger partial charge in [0.15, 0.2) is 0 Å². The minimum atomic E-state index is 0.206. The fourth-order valence-corrected chi connectivity index (χ4v) is 3.48. The van der Waals surface area contributed by atoms with Gasteiger partial charge in [0.25, 0.3) is 0 Å². The molecule has 0 radical (unpaired) electrons. The largest absolute Gasteiger partial charge is 0.391 e. The highest BCUT2D eigenvalue weighted by atomic mass is 32.1. The van der Waals surface area contributed by atoms with Crippen molar-refractivity contribution >= 4 is 11.3 Å². The summed E-state index contributed by atoms with van der Waals surface area (Å²) >= 11 is 1.80. The number of thiophene rings is 1. The molecule has 2 rings (SSSR count). The summed E-state index contributed by atoms with van der Waals surface area (Å²) in [6.07, 6.45) is 3.72. The van der Waals surface area contributed by atoms with E-state index in [1.807, 2.05) is 0 Å². The van der Waals surface area contributed by atoms with Crippen LogP contribution in [0, 0.1) is 11.3 Å². The van der Waals surface area contributed by atoms with E-state index < -0.39 is 0 Å². The van der Waals surface area contributed by atoms with E-state index in [-0.39, 0.29) is 6.61 Å². The average Bonchev–Trinajstić information content (AvgIpc) is 2.57. The Morgan fingerprint density at radius 2 is 2.20 bits per heavy atom. The van der Waals surface area contributed by atoms with Gasteiger partial charge in [-0.2, -0.15) is 0 Å². The van der Waals surface area contributed by atoms with Crippen molar-refractivity contribution in [2.24, 2.45) is 11.3 Å². The lowest BCUT2D eigenvalue weighted by Gasteiger charge is -2.33. The molecule has 1 N–H and O–H groups in total. The summed E-state index contributed by atoms with van der Waals surface area (Å²) in [6, 6.07) is 2.21. The predicted molar refractivity (Wildman–Crippen MR) is 65.2 cm³/mol. The number of hydrogen-bond acceptors (Lipinski definition) is 2. The van der Waals surface area contributed by atoms with E-state index in [9.17, 15) is 0 Å². The van der Waals surface area contributed by atoms with E-state index >= 15 is 0 Å². The third-order valence-electron chi connectivity index (χ3n) is 3.51. The topological polar surface area (TPSA) is 20.2 Å². The number of hydrogen-bond donors (Lipinski definition) is 1. The lowest BCUT2D eigenvalue weighted by atomic mass is 9.72. The van der Waals surface area contributed by atoms with Gasteiger partial charge in [0.2, 0.25) is 0 Å². The maximum atomic E-state index is 9.12. The Balaban J connectivity index is 2.19. The van der Waals surface area contributed by atoms with Crippen LogP contribution in [0.3, 0.4) is 0 Å². The zero-order valence-electron chi connectivity index (χ0n) is 9.84. The van der Waals surface area contributed by atoms with Crippen LogP contribution >= 0.6 is 11.3 Å². The summed E-state index contributed by atoms with van der Waals surface area (Å²) in [5.74, 6) is 0.797. The van der Waals surface area contributed by atoms with E-state index in [4.69, 9.17) is 5.11 Å². The monoisotopic (exact) mass is 224 g/mol. The Bertz CT molecular complexity index is 346. The summed E-state index contributed by atoms with van der Waals surface area (Å²) in [5, 5.41) is 9.12. The summed E-state index contributed by atoms with van der Waals surface area (Å²) < 4.78 is 0. The zero-order valence-corrected chi connectivity index (χ0v) is 10.7. The molecule has 0 fully saturated rings. The van der Waals surface area contributed by atoms with Gasteiger partial charge in [-0.1, -0.05) is 20.8 Å². The van der Waals surface area contributed by atoms with Crippen molar-refractivity contribution in [2.75, 3.05) is 0 Å². The molecule has 0 aromatic carbocycles. The molecule has 15 heavy (non-hydrogen) atoms. The Hall–Kier alpha value is -0.340. The average molecular weight is 224 g/mol.